The van der Waals surface area contributed by atoms with Crippen LogP contribution in [-0.4, -0.2) is 5.91 Å². The van der Waals surface area contributed by atoms with E-state index in [0.717, 1.165) is 5.69 Å². The lowest BCUT2D eigenvalue weighted by molar-refractivity contribution is -0.116. The second-order valence-electron chi connectivity index (χ2n) is 6.35. The standard InChI is InChI=1S/C17H25NO/c1-11(2)15-8-7-14(10-16(15)12(3)4)18-17(19)9-13-5-6-13/h7-8,10-13H,5-6,9H2,1-4H3,(H,18,19). The van der Waals surface area contributed by atoms with Crippen molar-refractivity contribution in [3.63, 3.8) is 0 Å². The summed E-state index contributed by atoms with van der Waals surface area (Å²) < 4.78 is 0. The fourth-order valence-electron chi connectivity index (χ4n) is 2.47. The molecular formula is C17H25NO. The zero-order valence-electron chi connectivity index (χ0n) is 12.5. The normalized spacial score (nSPS) is 15.1. The number of carbonyl (C=O) groups excluding carboxylic acids is 1. The molecule has 19 heavy (non-hydrogen) atoms. The van der Waals surface area contributed by atoms with E-state index in [1.54, 1.807) is 0 Å². The Labute approximate surface area is 116 Å². The van der Waals surface area contributed by atoms with E-state index >= 15 is 0 Å². The number of benzene rings is 1. The van der Waals surface area contributed by atoms with Gasteiger partial charge in [0.25, 0.3) is 0 Å². The minimum absolute atomic E-state index is 0.162. The number of amides is 1. The van der Waals surface area contributed by atoms with E-state index in [-0.39, 0.29) is 5.91 Å². The molecule has 2 rings (SSSR count). The highest BCUT2D eigenvalue weighted by Crippen LogP contribution is 2.33. The first-order chi connectivity index (χ1) is 8.97. The monoisotopic (exact) mass is 259 g/mol. The predicted octanol–water partition coefficient (Wildman–Crippen LogP) is 4.67. The van der Waals surface area contributed by atoms with Crippen molar-refractivity contribution in [2.45, 2.75) is 58.8 Å². The lowest BCUT2D eigenvalue weighted by Crippen LogP contribution is -2.12. The maximum atomic E-state index is 11.9. The first kappa shape index (κ1) is 14.1. The topological polar surface area (TPSA) is 29.1 Å². The third-order valence-electron chi connectivity index (χ3n) is 3.79. The Kier molecular flexibility index (Phi) is 4.28. The van der Waals surface area contributed by atoms with Crippen LogP contribution in [0.3, 0.4) is 0 Å². The Morgan fingerprint density at radius 3 is 2.32 bits per heavy atom. The summed E-state index contributed by atoms with van der Waals surface area (Å²) in [7, 11) is 0. The molecule has 1 N–H and O–H groups in total. The molecule has 0 spiro atoms. The smallest absolute Gasteiger partial charge is 0.224 e. The second kappa shape index (κ2) is 5.77. The molecule has 2 heteroatoms. The molecule has 0 heterocycles. The summed E-state index contributed by atoms with van der Waals surface area (Å²) in [6, 6.07) is 6.34. The van der Waals surface area contributed by atoms with Crippen molar-refractivity contribution in [3.8, 4) is 0 Å². The third kappa shape index (κ3) is 3.82. The van der Waals surface area contributed by atoms with Gasteiger partial charge in [-0.25, -0.2) is 0 Å². The summed E-state index contributed by atoms with van der Waals surface area (Å²) in [5.74, 6) is 1.81. The first-order valence-corrected chi connectivity index (χ1v) is 7.41. The van der Waals surface area contributed by atoms with E-state index < -0.39 is 0 Å². The molecule has 1 fully saturated rings. The highest BCUT2D eigenvalue weighted by molar-refractivity contribution is 5.91. The van der Waals surface area contributed by atoms with Gasteiger partial charge in [0.2, 0.25) is 5.91 Å². The van der Waals surface area contributed by atoms with Crippen LogP contribution in [0.1, 0.15) is 69.9 Å². The van der Waals surface area contributed by atoms with E-state index in [1.807, 2.05) is 6.07 Å². The molecule has 0 aromatic heterocycles. The maximum absolute atomic E-state index is 11.9. The van der Waals surface area contributed by atoms with Crippen LogP contribution in [-0.2, 0) is 4.79 Å². The van der Waals surface area contributed by atoms with E-state index in [4.69, 9.17) is 0 Å². The van der Waals surface area contributed by atoms with Crippen LogP contribution < -0.4 is 5.32 Å². The third-order valence-corrected chi connectivity index (χ3v) is 3.79. The van der Waals surface area contributed by atoms with Gasteiger partial charge in [-0.1, -0.05) is 33.8 Å². The number of rotatable bonds is 5. The molecule has 104 valence electrons. The molecule has 0 atom stereocenters. The summed E-state index contributed by atoms with van der Waals surface area (Å²) in [5, 5.41) is 3.04. The van der Waals surface area contributed by atoms with Gasteiger partial charge in [0.05, 0.1) is 0 Å². The summed E-state index contributed by atoms with van der Waals surface area (Å²) in [6.45, 7) is 8.84. The van der Waals surface area contributed by atoms with E-state index in [1.165, 1.54) is 24.0 Å². The fourth-order valence-corrected chi connectivity index (χ4v) is 2.47. The number of anilines is 1. The van der Waals surface area contributed by atoms with Crippen molar-refractivity contribution in [1.82, 2.24) is 0 Å². The molecule has 0 saturated heterocycles. The summed E-state index contributed by atoms with van der Waals surface area (Å²) in [4.78, 5) is 11.9. The molecule has 0 unspecified atom stereocenters. The maximum Gasteiger partial charge on any atom is 0.224 e. The fraction of sp³-hybridized carbons (Fsp3) is 0.588. The van der Waals surface area contributed by atoms with Crippen molar-refractivity contribution >= 4 is 11.6 Å². The Bertz CT molecular complexity index is 458. The molecule has 2 nitrogen and oxygen atoms in total. The summed E-state index contributed by atoms with van der Waals surface area (Å²) in [6.07, 6.45) is 3.12. The Hall–Kier alpha value is -1.31. The summed E-state index contributed by atoms with van der Waals surface area (Å²) >= 11 is 0. The quantitative estimate of drug-likeness (QED) is 0.817. The van der Waals surface area contributed by atoms with Crippen LogP contribution >= 0.6 is 0 Å². The van der Waals surface area contributed by atoms with Gasteiger partial charge in [0.15, 0.2) is 0 Å². The van der Waals surface area contributed by atoms with Crippen molar-refractivity contribution in [2.24, 2.45) is 5.92 Å². The molecule has 1 aliphatic carbocycles. The molecule has 1 aromatic carbocycles. The molecule has 0 aliphatic heterocycles. The molecule has 0 radical (unpaired) electrons. The zero-order chi connectivity index (χ0) is 14.0. The highest BCUT2D eigenvalue weighted by atomic mass is 16.1. The van der Waals surface area contributed by atoms with Crippen LogP contribution in [0.2, 0.25) is 0 Å². The van der Waals surface area contributed by atoms with Gasteiger partial charge in [-0.15, -0.1) is 0 Å². The number of hydrogen-bond acceptors (Lipinski definition) is 1. The van der Waals surface area contributed by atoms with Crippen LogP contribution in [0.5, 0.6) is 0 Å². The van der Waals surface area contributed by atoms with Crippen LogP contribution in [0.4, 0.5) is 5.69 Å². The number of hydrogen-bond donors (Lipinski definition) is 1. The van der Waals surface area contributed by atoms with Gasteiger partial charge in [-0.2, -0.15) is 0 Å². The number of nitrogens with one attached hydrogen (secondary N) is 1. The average molecular weight is 259 g/mol. The van der Waals surface area contributed by atoms with Gasteiger partial charge >= 0.3 is 0 Å². The van der Waals surface area contributed by atoms with Crippen molar-refractivity contribution in [1.29, 1.82) is 0 Å². The zero-order valence-corrected chi connectivity index (χ0v) is 12.5. The Morgan fingerprint density at radius 2 is 1.79 bits per heavy atom. The van der Waals surface area contributed by atoms with Gasteiger partial charge in [-0.05, 0) is 53.9 Å². The molecule has 1 aliphatic rings. The minimum Gasteiger partial charge on any atom is -0.326 e. The SMILES string of the molecule is CC(C)c1ccc(NC(=O)CC2CC2)cc1C(C)C. The summed E-state index contributed by atoms with van der Waals surface area (Å²) in [5.41, 5.74) is 3.67. The Balaban J connectivity index is 2.12. The lowest BCUT2D eigenvalue weighted by atomic mass is 9.90. The van der Waals surface area contributed by atoms with Gasteiger partial charge in [-0.3, -0.25) is 4.79 Å². The van der Waals surface area contributed by atoms with Crippen LogP contribution in [0, 0.1) is 5.92 Å². The van der Waals surface area contributed by atoms with Crippen molar-refractivity contribution in [2.75, 3.05) is 5.32 Å². The molecular weight excluding hydrogens is 234 g/mol. The second-order valence-corrected chi connectivity index (χ2v) is 6.35. The van der Waals surface area contributed by atoms with E-state index in [2.05, 4.69) is 45.1 Å². The van der Waals surface area contributed by atoms with Crippen LogP contribution in [0.15, 0.2) is 18.2 Å². The van der Waals surface area contributed by atoms with Crippen molar-refractivity contribution in [3.05, 3.63) is 29.3 Å². The Morgan fingerprint density at radius 1 is 1.16 bits per heavy atom. The molecule has 1 amide bonds. The van der Waals surface area contributed by atoms with Gasteiger partial charge in [0.1, 0.15) is 0 Å². The highest BCUT2D eigenvalue weighted by Gasteiger charge is 2.24. The first-order valence-electron chi connectivity index (χ1n) is 7.41. The predicted molar refractivity (Wildman–Crippen MR) is 80.6 cm³/mol. The molecule has 0 bridgehead atoms. The number of carbonyl (C=O) groups is 1. The van der Waals surface area contributed by atoms with E-state index in [0.29, 0.717) is 24.2 Å². The molecule has 1 aromatic rings. The van der Waals surface area contributed by atoms with Crippen LogP contribution in [0.25, 0.3) is 0 Å². The van der Waals surface area contributed by atoms with Gasteiger partial charge in [0, 0.05) is 12.1 Å². The van der Waals surface area contributed by atoms with Gasteiger partial charge < -0.3 is 5.32 Å². The van der Waals surface area contributed by atoms with Crippen molar-refractivity contribution < 1.29 is 4.79 Å². The van der Waals surface area contributed by atoms with E-state index in [9.17, 15) is 4.79 Å². The minimum atomic E-state index is 0.162. The molecule has 1 saturated carbocycles. The average Bonchev–Trinajstić information content (AvgIpc) is 3.12. The lowest BCUT2D eigenvalue weighted by Gasteiger charge is -2.17. The largest absolute Gasteiger partial charge is 0.326 e.